The average Bonchev–Trinajstić information content (AvgIpc) is 2.33. The van der Waals surface area contributed by atoms with Crippen molar-refractivity contribution in [2.24, 2.45) is 0 Å². The summed E-state index contributed by atoms with van der Waals surface area (Å²) in [6.07, 6.45) is 1.67. The SMILES string of the molecule is Fc1ccc2[n-]ccc2c1.[Br-].[Mg+2]. The van der Waals surface area contributed by atoms with Gasteiger partial charge >= 0.3 is 23.1 Å². The van der Waals surface area contributed by atoms with E-state index in [9.17, 15) is 4.39 Å². The first-order valence-electron chi connectivity index (χ1n) is 3.03. The largest absolute Gasteiger partial charge is 2.00 e. The van der Waals surface area contributed by atoms with Gasteiger partial charge in [0.25, 0.3) is 0 Å². The smallest absolute Gasteiger partial charge is 1.00 e. The van der Waals surface area contributed by atoms with Crippen molar-refractivity contribution in [3.63, 3.8) is 0 Å². The quantitative estimate of drug-likeness (QED) is 0.513. The van der Waals surface area contributed by atoms with Crippen molar-refractivity contribution in [3.05, 3.63) is 36.3 Å². The molecule has 0 radical (unpaired) electrons. The fourth-order valence-corrected chi connectivity index (χ4v) is 0.974. The van der Waals surface area contributed by atoms with Gasteiger partial charge in [0.15, 0.2) is 0 Å². The molecule has 0 spiro atoms. The molecule has 0 saturated heterocycles. The van der Waals surface area contributed by atoms with Crippen LogP contribution in [0.1, 0.15) is 0 Å². The zero-order valence-corrected chi connectivity index (χ0v) is 9.30. The van der Waals surface area contributed by atoms with Crippen LogP contribution in [0.25, 0.3) is 10.9 Å². The molecule has 4 heteroatoms. The average molecular weight is 238 g/mol. The Morgan fingerprint density at radius 3 is 2.67 bits per heavy atom. The fourth-order valence-electron chi connectivity index (χ4n) is 0.974. The summed E-state index contributed by atoms with van der Waals surface area (Å²) in [6, 6.07) is 6.35. The molecule has 0 atom stereocenters. The first-order valence-corrected chi connectivity index (χ1v) is 3.03. The van der Waals surface area contributed by atoms with E-state index in [-0.39, 0.29) is 45.9 Å². The van der Waals surface area contributed by atoms with Gasteiger partial charge in [-0.15, -0.1) is 5.52 Å². The molecular weight excluding hydrogens is 233 g/mol. The van der Waals surface area contributed by atoms with Crippen molar-refractivity contribution in [1.82, 2.24) is 4.98 Å². The van der Waals surface area contributed by atoms with Gasteiger partial charge in [-0.2, -0.15) is 6.20 Å². The number of nitrogens with zero attached hydrogens (tertiary/aromatic N) is 1. The summed E-state index contributed by atoms with van der Waals surface area (Å²) in [6.45, 7) is 0. The monoisotopic (exact) mass is 237 g/mol. The third-order valence-electron chi connectivity index (χ3n) is 1.46. The van der Waals surface area contributed by atoms with Gasteiger partial charge in [0, 0.05) is 0 Å². The van der Waals surface area contributed by atoms with Crippen LogP contribution in [0, 0.1) is 5.82 Å². The summed E-state index contributed by atoms with van der Waals surface area (Å²) in [4.78, 5) is 3.99. The molecular formula is C8H5BrFMgN. The molecule has 0 N–H and O–H groups in total. The van der Waals surface area contributed by atoms with E-state index in [4.69, 9.17) is 0 Å². The van der Waals surface area contributed by atoms with Crippen LogP contribution in [0.5, 0.6) is 0 Å². The van der Waals surface area contributed by atoms with Crippen LogP contribution in [-0.4, -0.2) is 23.1 Å². The number of benzene rings is 1. The molecule has 0 unspecified atom stereocenters. The van der Waals surface area contributed by atoms with Gasteiger partial charge < -0.3 is 22.0 Å². The normalized spacial score (nSPS) is 8.75. The zero-order chi connectivity index (χ0) is 6.97. The standard InChI is InChI=1S/C8H5FN.BrH.Mg/c9-7-1-2-8-6(5-7)3-4-10-8;;/h1-5H;1H;/q-1;;+2/p-1. The summed E-state index contributed by atoms with van der Waals surface area (Å²) in [7, 11) is 0. The summed E-state index contributed by atoms with van der Waals surface area (Å²) in [5, 5.41) is 0.861. The van der Waals surface area contributed by atoms with Gasteiger partial charge in [-0.1, -0.05) is 12.1 Å². The molecule has 0 amide bonds. The number of hydrogen-bond donors (Lipinski definition) is 0. The minimum Gasteiger partial charge on any atom is -1.00 e. The molecule has 0 bridgehead atoms. The third kappa shape index (κ3) is 2.21. The van der Waals surface area contributed by atoms with E-state index in [2.05, 4.69) is 4.98 Å². The Labute approximate surface area is 96.3 Å². The molecule has 12 heavy (non-hydrogen) atoms. The van der Waals surface area contributed by atoms with Crippen LogP contribution >= 0.6 is 0 Å². The second kappa shape index (κ2) is 4.84. The first kappa shape index (κ1) is 11.9. The van der Waals surface area contributed by atoms with E-state index in [0.717, 1.165) is 10.9 Å². The minimum atomic E-state index is -0.208. The molecule has 0 aliphatic heterocycles. The van der Waals surface area contributed by atoms with Gasteiger partial charge in [-0.25, -0.2) is 4.39 Å². The number of halogens is 2. The first-order chi connectivity index (χ1) is 4.86. The number of hydrogen-bond acceptors (Lipinski definition) is 0. The molecule has 1 heterocycles. The summed E-state index contributed by atoms with van der Waals surface area (Å²) in [5.74, 6) is -0.208. The van der Waals surface area contributed by atoms with Gasteiger partial charge in [0.05, 0.1) is 0 Å². The van der Waals surface area contributed by atoms with Crippen LogP contribution < -0.4 is 22.0 Å². The van der Waals surface area contributed by atoms with E-state index >= 15 is 0 Å². The topological polar surface area (TPSA) is 14.1 Å². The molecule has 58 valence electrons. The summed E-state index contributed by atoms with van der Waals surface area (Å²) in [5.41, 5.74) is 0.849. The molecule has 0 aliphatic carbocycles. The van der Waals surface area contributed by atoms with Crippen LogP contribution in [0.2, 0.25) is 0 Å². The van der Waals surface area contributed by atoms with Gasteiger partial charge in [-0.05, 0) is 17.5 Å². The van der Waals surface area contributed by atoms with Crippen molar-refractivity contribution < 1.29 is 21.4 Å². The minimum absolute atomic E-state index is 0. The van der Waals surface area contributed by atoms with Crippen molar-refractivity contribution >= 4 is 34.0 Å². The summed E-state index contributed by atoms with van der Waals surface area (Å²) < 4.78 is 12.5. The van der Waals surface area contributed by atoms with Crippen LogP contribution in [0.3, 0.4) is 0 Å². The van der Waals surface area contributed by atoms with Crippen LogP contribution in [-0.2, 0) is 0 Å². The molecule has 2 aromatic rings. The van der Waals surface area contributed by atoms with E-state index in [1.165, 1.54) is 12.1 Å². The second-order valence-electron chi connectivity index (χ2n) is 2.15. The molecule has 0 saturated carbocycles. The van der Waals surface area contributed by atoms with E-state index in [1.807, 2.05) is 0 Å². The van der Waals surface area contributed by atoms with Gasteiger partial charge in [0.2, 0.25) is 0 Å². The Bertz CT molecular complexity index is 361. The second-order valence-corrected chi connectivity index (χ2v) is 2.15. The number of rotatable bonds is 0. The van der Waals surface area contributed by atoms with Crippen LogP contribution in [0.4, 0.5) is 4.39 Å². The fraction of sp³-hybridized carbons (Fsp3) is 0. The number of fused-ring (bicyclic) bond motifs is 1. The molecule has 1 aromatic carbocycles. The van der Waals surface area contributed by atoms with E-state index in [1.54, 1.807) is 18.3 Å². The number of aromatic nitrogens is 1. The third-order valence-corrected chi connectivity index (χ3v) is 1.46. The molecule has 1 aromatic heterocycles. The maximum Gasteiger partial charge on any atom is 2.00 e. The Morgan fingerprint density at radius 2 is 1.92 bits per heavy atom. The van der Waals surface area contributed by atoms with Crippen LogP contribution in [0.15, 0.2) is 30.5 Å². The Hall–Kier alpha value is -0.0638. The Kier molecular flexibility index (Phi) is 4.81. The van der Waals surface area contributed by atoms with Crippen molar-refractivity contribution in [2.45, 2.75) is 0 Å². The van der Waals surface area contributed by atoms with E-state index in [0.29, 0.717) is 0 Å². The molecule has 2 rings (SSSR count). The van der Waals surface area contributed by atoms with Crippen molar-refractivity contribution in [3.8, 4) is 0 Å². The maximum absolute atomic E-state index is 12.5. The molecule has 0 aliphatic rings. The van der Waals surface area contributed by atoms with Crippen molar-refractivity contribution in [2.75, 3.05) is 0 Å². The predicted octanol–water partition coefficient (Wildman–Crippen LogP) is -1.44. The predicted molar refractivity (Wildman–Crippen MR) is 43.0 cm³/mol. The maximum atomic E-state index is 12.5. The Morgan fingerprint density at radius 1 is 1.17 bits per heavy atom. The molecule has 0 fully saturated rings. The van der Waals surface area contributed by atoms with Gasteiger partial charge in [-0.3, -0.25) is 0 Å². The van der Waals surface area contributed by atoms with Gasteiger partial charge in [0.1, 0.15) is 5.82 Å². The molecule has 1 nitrogen and oxygen atoms in total. The van der Waals surface area contributed by atoms with Crippen molar-refractivity contribution in [1.29, 1.82) is 0 Å². The summed E-state index contributed by atoms with van der Waals surface area (Å²) >= 11 is 0. The Balaban J connectivity index is 0.000000605. The van der Waals surface area contributed by atoms with E-state index < -0.39 is 0 Å². The zero-order valence-electron chi connectivity index (χ0n) is 6.30.